The number of nitrogens with one attached hydrogen (secondary N) is 1. The van der Waals surface area contributed by atoms with Crippen molar-refractivity contribution in [1.82, 2.24) is 20.0 Å². The van der Waals surface area contributed by atoms with Gasteiger partial charge in [-0.15, -0.1) is 0 Å². The Hall–Kier alpha value is -1.64. The van der Waals surface area contributed by atoms with E-state index in [4.69, 9.17) is 23.2 Å². The fourth-order valence-corrected chi connectivity index (χ4v) is 7.61. The molecule has 9 heteroatoms. The summed E-state index contributed by atoms with van der Waals surface area (Å²) >= 11 is 14.3. The molecule has 0 spiro atoms. The van der Waals surface area contributed by atoms with Crippen molar-refractivity contribution in [3.63, 3.8) is 0 Å². The molecule has 2 fully saturated rings. The summed E-state index contributed by atoms with van der Waals surface area (Å²) in [5, 5.41) is 8.40. The van der Waals surface area contributed by atoms with Gasteiger partial charge >= 0.3 is 0 Å². The molecular weight excluding hydrogens is 563 g/mol. The van der Waals surface area contributed by atoms with E-state index in [0.29, 0.717) is 28.5 Å². The second-order valence-corrected chi connectivity index (χ2v) is 12.8. The van der Waals surface area contributed by atoms with Crippen LogP contribution in [0.3, 0.4) is 0 Å². The van der Waals surface area contributed by atoms with Crippen LogP contribution in [0.15, 0.2) is 35.0 Å². The van der Waals surface area contributed by atoms with Crippen LogP contribution in [0.4, 0.5) is 0 Å². The molecule has 3 heterocycles. The van der Waals surface area contributed by atoms with Crippen LogP contribution < -0.4 is 5.32 Å². The summed E-state index contributed by atoms with van der Waals surface area (Å²) in [5.41, 5.74) is 1.38. The Morgan fingerprint density at radius 1 is 1.12 bits per heavy atom. The summed E-state index contributed by atoms with van der Waals surface area (Å²) in [6, 6.07) is 8.05. The average molecular weight is 608 g/mol. The third-order valence-electron chi connectivity index (χ3n) is 8.93. The summed E-state index contributed by atoms with van der Waals surface area (Å²) in [7, 11) is 1.88. The molecule has 1 N–H and O–H groups in total. The average Bonchev–Trinajstić information content (AvgIpc) is 3.52. The molecule has 2 aromatic rings. The van der Waals surface area contributed by atoms with Crippen LogP contribution in [-0.4, -0.2) is 84.4 Å². The number of carbonyl (C=O) groups is 2. The van der Waals surface area contributed by atoms with Gasteiger partial charge in [-0.1, -0.05) is 35.7 Å². The highest BCUT2D eigenvalue weighted by Gasteiger charge is 2.49. The predicted octanol–water partition coefficient (Wildman–Crippen LogP) is 6.54. The van der Waals surface area contributed by atoms with Crippen molar-refractivity contribution >= 4 is 46.4 Å². The first kappa shape index (κ1) is 31.3. The van der Waals surface area contributed by atoms with Crippen LogP contribution in [0.5, 0.6) is 0 Å². The lowest BCUT2D eigenvalue weighted by Gasteiger charge is -2.52. The number of nitrogens with zero attached hydrogens (tertiary/aromatic N) is 3. The molecule has 1 aromatic carbocycles. The van der Waals surface area contributed by atoms with E-state index in [0.717, 1.165) is 82.4 Å². The fraction of sp³-hybridized carbons (Fsp3) is 0.613. The van der Waals surface area contributed by atoms with Crippen LogP contribution in [0, 0.1) is 0 Å². The van der Waals surface area contributed by atoms with E-state index in [9.17, 15) is 9.59 Å². The van der Waals surface area contributed by atoms with E-state index in [1.54, 1.807) is 0 Å². The van der Waals surface area contributed by atoms with Crippen molar-refractivity contribution in [3.05, 3.63) is 56.2 Å². The van der Waals surface area contributed by atoms with Gasteiger partial charge in [0.15, 0.2) is 0 Å². The Bertz CT molecular complexity index is 1120. The number of rotatable bonds is 11. The minimum Gasteiger partial charge on any atom is -0.342 e. The van der Waals surface area contributed by atoms with Gasteiger partial charge in [0.25, 0.3) is 5.91 Å². The van der Waals surface area contributed by atoms with Gasteiger partial charge in [-0.3, -0.25) is 14.5 Å². The van der Waals surface area contributed by atoms with Gasteiger partial charge < -0.3 is 15.1 Å². The van der Waals surface area contributed by atoms with Crippen LogP contribution >= 0.6 is 34.5 Å². The number of piperidine rings is 2. The first-order chi connectivity index (χ1) is 19.3. The van der Waals surface area contributed by atoms with Crippen LogP contribution in [0.25, 0.3) is 0 Å². The topological polar surface area (TPSA) is 55.9 Å². The van der Waals surface area contributed by atoms with Gasteiger partial charge in [0.05, 0.1) is 15.6 Å². The minimum atomic E-state index is -0.437. The van der Waals surface area contributed by atoms with Gasteiger partial charge in [0.1, 0.15) is 5.54 Å². The van der Waals surface area contributed by atoms with Gasteiger partial charge in [0.2, 0.25) is 5.91 Å². The first-order valence-corrected chi connectivity index (χ1v) is 16.5. The lowest BCUT2D eigenvalue weighted by molar-refractivity contribution is -0.150. The van der Waals surface area contributed by atoms with Crippen molar-refractivity contribution < 1.29 is 9.59 Å². The van der Waals surface area contributed by atoms with Crippen molar-refractivity contribution in [2.45, 2.75) is 76.3 Å². The zero-order valence-corrected chi connectivity index (χ0v) is 26.5. The molecule has 2 saturated heterocycles. The van der Waals surface area contributed by atoms with E-state index in [2.05, 4.69) is 24.1 Å². The van der Waals surface area contributed by atoms with Gasteiger partial charge in [-0.25, -0.2) is 0 Å². The Kier molecular flexibility index (Phi) is 11.3. The Morgan fingerprint density at radius 2 is 1.88 bits per heavy atom. The molecule has 0 radical (unpaired) electrons. The second-order valence-electron chi connectivity index (χ2n) is 11.2. The molecule has 2 amide bonds. The summed E-state index contributed by atoms with van der Waals surface area (Å²) in [6.45, 7) is 8.95. The van der Waals surface area contributed by atoms with Crippen LogP contribution in [0.2, 0.25) is 10.0 Å². The number of likely N-dealkylation sites (tertiary alicyclic amines) is 1. The Morgan fingerprint density at radius 3 is 2.52 bits per heavy atom. The van der Waals surface area contributed by atoms with Crippen LogP contribution in [0.1, 0.15) is 80.6 Å². The summed E-state index contributed by atoms with van der Waals surface area (Å²) in [6.07, 6.45) is 6.98. The largest absolute Gasteiger partial charge is 0.342 e. The van der Waals surface area contributed by atoms with Gasteiger partial charge in [0, 0.05) is 44.0 Å². The third-order valence-corrected chi connectivity index (χ3v) is 10.4. The number of halogens is 2. The van der Waals surface area contributed by atoms with Crippen LogP contribution in [-0.2, 0) is 4.79 Å². The van der Waals surface area contributed by atoms with Crippen molar-refractivity contribution in [1.29, 1.82) is 0 Å². The highest BCUT2D eigenvalue weighted by molar-refractivity contribution is 7.08. The molecule has 2 aliphatic rings. The lowest BCUT2D eigenvalue weighted by Crippen LogP contribution is -2.66. The van der Waals surface area contributed by atoms with Crippen molar-refractivity contribution in [3.8, 4) is 0 Å². The molecule has 0 bridgehead atoms. The van der Waals surface area contributed by atoms with Gasteiger partial charge in [-0.2, -0.15) is 11.3 Å². The number of likely N-dealkylation sites (N-methyl/N-ethyl adjacent to an activating group) is 2. The van der Waals surface area contributed by atoms with E-state index in [-0.39, 0.29) is 11.8 Å². The maximum Gasteiger partial charge on any atom is 0.254 e. The summed E-state index contributed by atoms with van der Waals surface area (Å²) in [4.78, 5) is 33.6. The standard InChI is InChI=1S/C31H44Cl2N4O2S/c1-4-36(5-2)30(39)31(14-16-34-17-15-31)37-18-7-6-8-26(37)11-9-24(23-10-12-27(32)28(33)20-23)21-35(3)29(38)25-13-19-40-22-25/h10,12-13,19-20,22,24,26,34H,4-9,11,14-18,21H2,1-3H3. The highest BCUT2D eigenvalue weighted by Crippen LogP contribution is 2.38. The highest BCUT2D eigenvalue weighted by atomic mass is 35.5. The molecule has 0 aliphatic carbocycles. The molecule has 6 nitrogen and oxygen atoms in total. The summed E-state index contributed by atoms with van der Waals surface area (Å²) in [5.74, 6) is 0.436. The number of benzene rings is 1. The smallest absolute Gasteiger partial charge is 0.254 e. The number of thiophene rings is 1. The fourth-order valence-electron chi connectivity index (χ4n) is 6.68. The molecule has 4 rings (SSSR count). The molecule has 0 saturated carbocycles. The lowest BCUT2D eigenvalue weighted by atomic mass is 9.80. The Labute approximate surface area is 254 Å². The molecule has 40 heavy (non-hydrogen) atoms. The minimum absolute atomic E-state index is 0.0316. The molecular formula is C31H44Cl2N4O2S. The number of hydrogen-bond donors (Lipinski definition) is 1. The first-order valence-electron chi connectivity index (χ1n) is 14.8. The van der Waals surface area contributed by atoms with Gasteiger partial charge in [-0.05, 0) is 101 Å². The second kappa shape index (κ2) is 14.5. The monoisotopic (exact) mass is 606 g/mol. The molecule has 220 valence electrons. The summed E-state index contributed by atoms with van der Waals surface area (Å²) < 4.78 is 0. The molecule has 2 unspecified atom stereocenters. The van der Waals surface area contributed by atoms with E-state index in [1.807, 2.05) is 51.9 Å². The van der Waals surface area contributed by atoms with E-state index >= 15 is 0 Å². The third kappa shape index (κ3) is 7.04. The van der Waals surface area contributed by atoms with Crippen molar-refractivity contribution in [2.24, 2.45) is 0 Å². The maximum atomic E-state index is 14.1. The number of amides is 2. The molecule has 2 atom stereocenters. The number of carbonyl (C=O) groups excluding carboxylic acids is 2. The van der Waals surface area contributed by atoms with E-state index < -0.39 is 5.54 Å². The zero-order chi connectivity index (χ0) is 28.7. The maximum absolute atomic E-state index is 14.1. The zero-order valence-electron chi connectivity index (χ0n) is 24.1. The quantitative estimate of drug-likeness (QED) is 0.316. The predicted molar refractivity (Wildman–Crippen MR) is 167 cm³/mol. The molecule has 1 aromatic heterocycles. The van der Waals surface area contributed by atoms with E-state index in [1.165, 1.54) is 17.8 Å². The SMILES string of the molecule is CCN(CC)C(=O)C1(N2CCCCC2CCC(CN(C)C(=O)c2ccsc2)c2ccc(Cl)c(Cl)c2)CCNCC1. The molecule has 2 aliphatic heterocycles. The normalized spacial score (nSPS) is 20.2. The number of hydrogen-bond acceptors (Lipinski definition) is 5. The van der Waals surface area contributed by atoms with Crippen molar-refractivity contribution in [2.75, 3.05) is 46.3 Å². The Balaban J connectivity index is 1.57.